The van der Waals surface area contributed by atoms with E-state index in [0.29, 0.717) is 56.1 Å². The summed E-state index contributed by atoms with van der Waals surface area (Å²) < 4.78 is 54.0. The summed E-state index contributed by atoms with van der Waals surface area (Å²) in [6.45, 7) is 2.10. The Hall–Kier alpha value is -3.54. The van der Waals surface area contributed by atoms with Crippen LogP contribution in [0.1, 0.15) is 42.1 Å². The fraction of sp³-hybridized carbons (Fsp3) is 0.458. The highest BCUT2D eigenvalue weighted by molar-refractivity contribution is 5.94. The number of benzene rings is 1. The molecule has 2 aromatic heterocycles. The molecule has 2 saturated heterocycles. The minimum absolute atomic E-state index is 0.0421. The molecule has 3 aromatic rings. The second-order valence-electron chi connectivity index (χ2n) is 8.86. The van der Waals surface area contributed by atoms with Gasteiger partial charge in [-0.1, -0.05) is 0 Å². The van der Waals surface area contributed by atoms with Gasteiger partial charge in [0.05, 0.1) is 24.9 Å². The van der Waals surface area contributed by atoms with E-state index in [1.54, 1.807) is 15.7 Å². The monoisotopic (exact) mass is 506 g/mol. The van der Waals surface area contributed by atoms with Crippen LogP contribution in [-0.4, -0.2) is 64.1 Å². The number of fused-ring (bicyclic) bond motifs is 1. The van der Waals surface area contributed by atoms with Gasteiger partial charge >= 0.3 is 12.1 Å². The fourth-order valence-electron chi connectivity index (χ4n) is 4.71. The lowest BCUT2D eigenvalue weighted by molar-refractivity contribution is -0.274. The first-order valence-corrected chi connectivity index (χ1v) is 11.8. The van der Waals surface area contributed by atoms with Crippen LogP contribution in [0.3, 0.4) is 0 Å². The first-order chi connectivity index (χ1) is 17.3. The number of nitrogens with one attached hydrogen (secondary N) is 1. The van der Waals surface area contributed by atoms with Crippen LogP contribution in [0.5, 0.6) is 11.5 Å². The lowest BCUT2D eigenvalue weighted by atomic mass is 10.0. The zero-order valence-electron chi connectivity index (χ0n) is 19.3. The number of carbonyl (C=O) groups excluding carboxylic acids is 1. The van der Waals surface area contributed by atoms with Gasteiger partial charge in [0.2, 0.25) is 0 Å². The van der Waals surface area contributed by atoms with E-state index in [1.165, 1.54) is 12.1 Å². The number of hydrogen-bond donors (Lipinski definition) is 1. The van der Waals surface area contributed by atoms with Crippen molar-refractivity contribution in [1.29, 1.82) is 0 Å². The van der Waals surface area contributed by atoms with Gasteiger partial charge in [-0.15, -0.1) is 13.2 Å². The highest BCUT2D eigenvalue weighted by Crippen LogP contribution is 2.28. The van der Waals surface area contributed by atoms with Crippen molar-refractivity contribution < 1.29 is 32.2 Å². The Kier molecular flexibility index (Phi) is 6.61. The van der Waals surface area contributed by atoms with Crippen molar-refractivity contribution in [3.63, 3.8) is 0 Å². The van der Waals surface area contributed by atoms with Crippen molar-refractivity contribution in [3.05, 3.63) is 52.6 Å². The van der Waals surface area contributed by atoms with Gasteiger partial charge < -0.3 is 19.1 Å². The average molecular weight is 506 g/mol. The van der Waals surface area contributed by atoms with Crippen molar-refractivity contribution in [2.45, 2.75) is 44.2 Å². The summed E-state index contributed by atoms with van der Waals surface area (Å²) >= 11 is 0. The van der Waals surface area contributed by atoms with Crippen LogP contribution in [0, 0.1) is 0 Å². The summed E-state index contributed by atoms with van der Waals surface area (Å²) in [5, 5.41) is 0. The van der Waals surface area contributed by atoms with Crippen LogP contribution < -0.4 is 15.2 Å². The number of ether oxygens (including phenoxy) is 3. The molecule has 0 aliphatic carbocycles. The van der Waals surface area contributed by atoms with Gasteiger partial charge in [0.25, 0.3) is 5.91 Å². The molecular weight excluding hydrogens is 481 g/mol. The summed E-state index contributed by atoms with van der Waals surface area (Å²) in [6.07, 6.45) is -0.477. The van der Waals surface area contributed by atoms with Crippen molar-refractivity contribution in [2.24, 2.45) is 0 Å². The number of halogens is 3. The number of rotatable bonds is 5. The van der Waals surface area contributed by atoms with E-state index < -0.39 is 6.36 Å². The van der Waals surface area contributed by atoms with Crippen molar-refractivity contribution in [1.82, 2.24) is 19.4 Å². The highest BCUT2D eigenvalue weighted by atomic mass is 19.4. The number of carbonyl (C=O) groups is 1. The molecule has 0 radical (unpaired) electrons. The predicted molar refractivity (Wildman–Crippen MR) is 122 cm³/mol. The van der Waals surface area contributed by atoms with Crippen molar-refractivity contribution in [2.75, 3.05) is 26.3 Å². The number of pyridine rings is 1. The molecule has 2 aliphatic heterocycles. The first-order valence-electron chi connectivity index (χ1n) is 11.8. The number of piperidine rings is 1. The van der Waals surface area contributed by atoms with Gasteiger partial charge in [-0.3, -0.25) is 14.3 Å². The SMILES string of the molecule is O=C(c1ccc(OC(F)(F)F)cc1)N1CCC(n2c(=O)[nH]c3ncc(OC4CCOCC4)cc32)CC1. The molecular formula is C24H25F3N4O5. The molecule has 5 rings (SSSR count). The van der Waals surface area contributed by atoms with Gasteiger partial charge in [-0.05, 0) is 37.1 Å². The molecule has 4 heterocycles. The minimum Gasteiger partial charge on any atom is -0.489 e. The number of aromatic amines is 1. The third-order valence-electron chi connectivity index (χ3n) is 6.47. The molecule has 9 nitrogen and oxygen atoms in total. The lowest BCUT2D eigenvalue weighted by Crippen LogP contribution is -2.40. The number of nitrogens with zero attached hydrogens (tertiary/aromatic N) is 3. The average Bonchev–Trinajstić information content (AvgIpc) is 3.19. The van der Waals surface area contributed by atoms with Gasteiger partial charge in [-0.2, -0.15) is 0 Å². The Labute approximate surface area is 203 Å². The molecule has 2 fully saturated rings. The molecule has 2 aliphatic rings. The standard InChI is InChI=1S/C24H25F3N4O5/c25-24(26,27)36-18-3-1-15(2-4-18)22(32)30-9-5-16(6-10-30)31-20-13-19(14-28-21(20)29-23(31)33)35-17-7-11-34-12-8-17/h1-4,13-14,16-17H,5-12H2,(H,28,29,33). The summed E-state index contributed by atoms with van der Waals surface area (Å²) in [5.41, 5.74) is 1.12. The second-order valence-corrected chi connectivity index (χ2v) is 8.86. The number of alkyl halides is 3. The number of amides is 1. The number of likely N-dealkylation sites (tertiary alicyclic amines) is 1. The molecule has 1 aromatic carbocycles. The van der Waals surface area contributed by atoms with E-state index >= 15 is 0 Å². The summed E-state index contributed by atoms with van der Waals surface area (Å²) in [7, 11) is 0. The Balaban J connectivity index is 1.26. The molecule has 1 amide bonds. The minimum atomic E-state index is -4.79. The Morgan fingerprint density at radius 2 is 1.75 bits per heavy atom. The molecule has 36 heavy (non-hydrogen) atoms. The maximum Gasteiger partial charge on any atom is 0.573 e. The number of H-pyrrole nitrogens is 1. The highest BCUT2D eigenvalue weighted by Gasteiger charge is 2.31. The topological polar surface area (TPSA) is 98.7 Å². The lowest BCUT2D eigenvalue weighted by Gasteiger charge is -2.32. The van der Waals surface area contributed by atoms with Crippen LogP contribution in [0.25, 0.3) is 11.2 Å². The zero-order valence-corrected chi connectivity index (χ0v) is 19.3. The third kappa shape index (κ3) is 5.32. The van der Waals surface area contributed by atoms with Crippen LogP contribution >= 0.6 is 0 Å². The molecule has 0 unspecified atom stereocenters. The quantitative estimate of drug-likeness (QED) is 0.567. The fourth-order valence-corrected chi connectivity index (χ4v) is 4.71. The largest absolute Gasteiger partial charge is 0.573 e. The van der Waals surface area contributed by atoms with Crippen LogP contribution in [0.15, 0.2) is 41.3 Å². The molecule has 1 N–H and O–H groups in total. The molecule has 0 spiro atoms. The maximum atomic E-state index is 12.9. The molecule has 192 valence electrons. The first kappa shape index (κ1) is 24.2. The molecule has 0 atom stereocenters. The van der Waals surface area contributed by atoms with Crippen LogP contribution in [-0.2, 0) is 4.74 Å². The Morgan fingerprint density at radius 3 is 2.42 bits per heavy atom. The van der Waals surface area contributed by atoms with Crippen molar-refractivity contribution in [3.8, 4) is 11.5 Å². The molecule has 0 saturated carbocycles. The van der Waals surface area contributed by atoms with E-state index in [4.69, 9.17) is 9.47 Å². The van der Waals surface area contributed by atoms with Gasteiger partial charge in [-0.25, -0.2) is 9.78 Å². The zero-order chi connectivity index (χ0) is 25.3. The van der Waals surface area contributed by atoms with Crippen LogP contribution in [0.4, 0.5) is 13.2 Å². The van der Waals surface area contributed by atoms with E-state index in [9.17, 15) is 22.8 Å². The van der Waals surface area contributed by atoms with Gasteiger partial charge in [0.15, 0.2) is 5.65 Å². The molecule has 0 bridgehead atoms. The number of aromatic nitrogens is 3. The molecule has 12 heteroatoms. The number of imidazole rings is 1. The Bertz CT molecular complexity index is 1270. The second kappa shape index (κ2) is 9.84. The van der Waals surface area contributed by atoms with Gasteiger partial charge in [0, 0.05) is 43.6 Å². The van der Waals surface area contributed by atoms with E-state index in [1.807, 2.05) is 6.07 Å². The normalized spacial score (nSPS) is 17.9. The smallest absolute Gasteiger partial charge is 0.489 e. The summed E-state index contributed by atoms with van der Waals surface area (Å²) in [6, 6.07) is 6.53. The maximum absolute atomic E-state index is 12.9. The van der Waals surface area contributed by atoms with Crippen molar-refractivity contribution >= 4 is 17.1 Å². The van der Waals surface area contributed by atoms with E-state index in [2.05, 4.69) is 14.7 Å². The summed E-state index contributed by atoms with van der Waals surface area (Å²) in [5.74, 6) is -0.0787. The summed E-state index contributed by atoms with van der Waals surface area (Å²) in [4.78, 5) is 34.4. The number of hydrogen-bond acceptors (Lipinski definition) is 6. The van der Waals surface area contributed by atoms with E-state index in [0.717, 1.165) is 25.0 Å². The predicted octanol–water partition coefficient (Wildman–Crippen LogP) is 3.66. The van der Waals surface area contributed by atoms with E-state index in [-0.39, 0.29) is 35.1 Å². The Morgan fingerprint density at radius 1 is 1.06 bits per heavy atom. The third-order valence-corrected chi connectivity index (χ3v) is 6.47. The van der Waals surface area contributed by atoms with Gasteiger partial charge in [0.1, 0.15) is 17.6 Å². The van der Waals surface area contributed by atoms with Crippen LogP contribution in [0.2, 0.25) is 0 Å².